The lowest BCUT2D eigenvalue weighted by atomic mass is 9.94. The number of benzene rings is 5. The number of nitrogen functional groups attached to an aromatic ring is 1. The number of aryl methyl sites for hydroxylation is 1. The largest absolute Gasteiger partial charge is 0.491 e. The van der Waals surface area contributed by atoms with Crippen LogP contribution in [-0.4, -0.2) is 72.8 Å². The summed E-state index contributed by atoms with van der Waals surface area (Å²) >= 11 is 2.84. The second kappa shape index (κ2) is 17.6. The molecule has 0 saturated carbocycles. The Hall–Kier alpha value is -6.73. The third kappa shape index (κ3) is 8.96. The molecule has 320 valence electrons. The molecule has 2 aliphatic heterocycles. The van der Waals surface area contributed by atoms with Gasteiger partial charge in [-0.3, -0.25) is 15.0 Å². The zero-order valence-electron chi connectivity index (χ0n) is 35.0. The summed E-state index contributed by atoms with van der Waals surface area (Å²) in [5.41, 5.74) is 12.0. The second-order valence-electron chi connectivity index (χ2n) is 16.0. The van der Waals surface area contributed by atoms with E-state index in [1.807, 2.05) is 98.7 Å². The molecule has 1 unspecified atom stereocenters. The summed E-state index contributed by atoms with van der Waals surface area (Å²) in [5, 5.41) is 13.1. The first kappa shape index (κ1) is 41.6. The van der Waals surface area contributed by atoms with E-state index in [-0.39, 0.29) is 30.6 Å². The van der Waals surface area contributed by atoms with E-state index in [2.05, 4.69) is 37.7 Å². The number of esters is 1. The predicted molar refractivity (Wildman–Crippen MR) is 251 cm³/mol. The van der Waals surface area contributed by atoms with Crippen LogP contribution in [0.15, 0.2) is 91.0 Å². The number of fused-ring (bicyclic) bond motifs is 2. The highest BCUT2D eigenvalue weighted by Crippen LogP contribution is 2.40. The number of anilines is 5. The SMILES string of the molecule is CN(C)CC#Cc1ccc(OCCCc2sc(N3CCc4cccc(C(=O)Nc5nc6ccccc6s5)c4C3)nc2C(=O)OCC2(C)Nc3cccc4c(N)ccc(c34)N2)c(F)c1. The molecular weight excluding hydrogens is 836 g/mol. The van der Waals surface area contributed by atoms with E-state index < -0.39 is 17.4 Å². The van der Waals surface area contributed by atoms with Crippen LogP contribution in [0.2, 0.25) is 0 Å². The quantitative estimate of drug-likeness (QED) is 0.0404. The number of rotatable bonds is 12. The van der Waals surface area contributed by atoms with Crippen LogP contribution >= 0.6 is 22.7 Å². The minimum atomic E-state index is -0.837. The van der Waals surface area contributed by atoms with E-state index in [4.69, 9.17) is 20.2 Å². The number of carbonyl (C=O) groups is 2. The number of nitrogens with zero attached hydrogens (tertiary/aromatic N) is 4. The molecular formula is C48H45FN8O4S2. The van der Waals surface area contributed by atoms with E-state index in [1.165, 1.54) is 28.7 Å². The van der Waals surface area contributed by atoms with Crippen molar-refractivity contribution in [2.24, 2.45) is 0 Å². The summed E-state index contributed by atoms with van der Waals surface area (Å²) in [6, 6.07) is 28.0. The van der Waals surface area contributed by atoms with E-state index in [0.29, 0.717) is 66.0 Å². The number of halogens is 1. The summed E-state index contributed by atoms with van der Waals surface area (Å²) in [4.78, 5) is 42.2. The van der Waals surface area contributed by atoms with Gasteiger partial charge in [-0.05, 0) is 106 Å². The Kier molecular flexibility index (Phi) is 11.6. The lowest BCUT2D eigenvalue weighted by Gasteiger charge is -2.38. The van der Waals surface area contributed by atoms with Gasteiger partial charge >= 0.3 is 5.97 Å². The van der Waals surface area contributed by atoms with E-state index >= 15 is 4.39 Å². The Labute approximate surface area is 372 Å². The smallest absolute Gasteiger partial charge is 0.358 e. The molecule has 5 aromatic carbocycles. The van der Waals surface area contributed by atoms with Crippen LogP contribution in [0.25, 0.3) is 21.0 Å². The van der Waals surface area contributed by atoms with Crippen molar-refractivity contribution < 1.29 is 23.5 Å². The summed E-state index contributed by atoms with van der Waals surface area (Å²) in [5.74, 6) is 4.83. The average Bonchev–Trinajstić information content (AvgIpc) is 3.90. The number of para-hydroxylation sites is 1. The summed E-state index contributed by atoms with van der Waals surface area (Å²) in [6.07, 6.45) is 1.60. The lowest BCUT2D eigenvalue weighted by molar-refractivity contribution is 0.0444. The van der Waals surface area contributed by atoms with Gasteiger partial charge in [-0.25, -0.2) is 19.2 Å². The first-order valence-electron chi connectivity index (χ1n) is 20.6. The number of aromatic nitrogens is 2. The molecule has 63 heavy (non-hydrogen) atoms. The Morgan fingerprint density at radius 2 is 1.83 bits per heavy atom. The molecule has 2 aliphatic rings. The van der Waals surface area contributed by atoms with E-state index in [0.717, 1.165) is 48.4 Å². The predicted octanol–water partition coefficient (Wildman–Crippen LogP) is 8.78. The molecule has 15 heteroatoms. The summed E-state index contributed by atoms with van der Waals surface area (Å²) < 4.78 is 27.9. The van der Waals surface area contributed by atoms with Crippen LogP contribution in [0.5, 0.6) is 5.75 Å². The third-order valence-corrected chi connectivity index (χ3v) is 13.1. The Balaban J connectivity index is 0.929. The van der Waals surface area contributed by atoms with Gasteiger partial charge in [-0.1, -0.05) is 59.6 Å². The molecule has 1 amide bonds. The highest BCUT2D eigenvalue weighted by molar-refractivity contribution is 7.22. The molecule has 7 aromatic rings. The fourth-order valence-electron chi connectivity index (χ4n) is 7.87. The maximum absolute atomic E-state index is 15.0. The Morgan fingerprint density at radius 3 is 2.65 bits per heavy atom. The molecule has 2 aromatic heterocycles. The second-order valence-corrected chi connectivity index (χ2v) is 18.1. The van der Waals surface area contributed by atoms with Crippen molar-refractivity contribution in [1.29, 1.82) is 0 Å². The van der Waals surface area contributed by atoms with Crippen molar-refractivity contribution >= 4 is 82.9 Å². The van der Waals surface area contributed by atoms with Crippen molar-refractivity contribution in [2.75, 3.05) is 67.0 Å². The van der Waals surface area contributed by atoms with Crippen molar-refractivity contribution in [1.82, 2.24) is 14.9 Å². The number of thiazole rings is 2. The van der Waals surface area contributed by atoms with Crippen molar-refractivity contribution in [3.8, 4) is 17.6 Å². The molecule has 0 bridgehead atoms. The first-order valence-corrected chi connectivity index (χ1v) is 22.3. The van der Waals surface area contributed by atoms with Gasteiger partial charge in [-0.2, -0.15) is 0 Å². The van der Waals surface area contributed by atoms with Gasteiger partial charge < -0.3 is 30.7 Å². The van der Waals surface area contributed by atoms with Crippen LogP contribution in [0.4, 0.5) is 31.7 Å². The molecule has 5 N–H and O–H groups in total. The fraction of sp³-hybridized carbons (Fsp3) is 0.250. The lowest BCUT2D eigenvalue weighted by Crippen LogP contribution is -2.49. The zero-order chi connectivity index (χ0) is 43.7. The molecule has 0 fully saturated rings. The number of nitrogens with one attached hydrogen (secondary N) is 3. The van der Waals surface area contributed by atoms with E-state index in [9.17, 15) is 9.59 Å². The third-order valence-electron chi connectivity index (χ3n) is 10.9. The molecule has 9 rings (SSSR count). The summed E-state index contributed by atoms with van der Waals surface area (Å²) in [6.45, 7) is 3.74. The highest BCUT2D eigenvalue weighted by Gasteiger charge is 2.33. The summed E-state index contributed by atoms with van der Waals surface area (Å²) in [7, 11) is 3.85. The number of carbonyl (C=O) groups excluding carboxylic acids is 2. The molecule has 0 radical (unpaired) electrons. The van der Waals surface area contributed by atoms with Gasteiger partial charge in [0, 0.05) is 56.9 Å². The zero-order valence-corrected chi connectivity index (χ0v) is 36.6. The van der Waals surface area contributed by atoms with Gasteiger partial charge in [0.05, 0.1) is 23.4 Å². The number of hydrogen-bond acceptors (Lipinski definition) is 13. The number of nitrogens with two attached hydrogens (primary N) is 1. The molecule has 0 spiro atoms. The van der Waals surface area contributed by atoms with Gasteiger partial charge in [0.2, 0.25) is 0 Å². The fourth-order valence-corrected chi connectivity index (χ4v) is 9.85. The van der Waals surface area contributed by atoms with Crippen LogP contribution < -0.4 is 31.3 Å². The van der Waals surface area contributed by atoms with Gasteiger partial charge in [0.25, 0.3) is 5.91 Å². The van der Waals surface area contributed by atoms with Gasteiger partial charge in [-0.15, -0.1) is 11.3 Å². The van der Waals surface area contributed by atoms with Gasteiger partial charge in [0.15, 0.2) is 27.5 Å². The molecule has 4 heterocycles. The molecule has 0 aliphatic carbocycles. The number of ether oxygens (including phenoxy) is 2. The minimum absolute atomic E-state index is 0.0134. The number of amides is 1. The van der Waals surface area contributed by atoms with Crippen LogP contribution in [-0.2, 0) is 24.1 Å². The van der Waals surface area contributed by atoms with Crippen molar-refractivity contribution in [2.45, 2.75) is 38.4 Å². The topological polar surface area (TPSA) is 147 Å². The Morgan fingerprint density at radius 1 is 1.00 bits per heavy atom. The van der Waals surface area contributed by atoms with Crippen LogP contribution in [0.3, 0.4) is 0 Å². The minimum Gasteiger partial charge on any atom is -0.491 e. The molecule has 12 nitrogen and oxygen atoms in total. The molecule has 0 saturated heterocycles. The first-order chi connectivity index (χ1) is 30.5. The molecule has 1 atom stereocenters. The van der Waals surface area contributed by atoms with Gasteiger partial charge in [0.1, 0.15) is 12.3 Å². The normalized spacial score (nSPS) is 15.3. The highest BCUT2D eigenvalue weighted by atomic mass is 32.1. The van der Waals surface area contributed by atoms with Crippen molar-refractivity contribution in [3.05, 3.63) is 130 Å². The monoisotopic (exact) mass is 880 g/mol. The van der Waals surface area contributed by atoms with Crippen LogP contribution in [0.1, 0.15) is 55.8 Å². The van der Waals surface area contributed by atoms with E-state index in [1.54, 1.807) is 12.1 Å². The van der Waals surface area contributed by atoms with Crippen LogP contribution in [0, 0.1) is 17.7 Å². The Bertz CT molecular complexity index is 2910. The standard InChI is InChI=1S/C48H45FN8O4S2/c1-48(54-37-15-7-13-32-35(50)19-20-38(55-48)42(32)37)28-61-45(59)43-41(17-9-25-60-39-21-18-29(26-34(39)49)10-8-23-56(2)3)63-47(52-43)57-24-22-30-11-6-12-31(33(30)27-57)44(58)53-46-51-36-14-4-5-16-40(36)62-46/h4-7,11-16,18-21,26,54-55H,9,17,22-25,27-28,50H2,1-3H3,(H,51,53,58). The average molecular weight is 881 g/mol. The van der Waals surface area contributed by atoms with Crippen molar-refractivity contribution in [3.63, 3.8) is 0 Å². The number of hydrogen-bond donors (Lipinski definition) is 4. The maximum Gasteiger partial charge on any atom is 0.358 e. The maximum atomic E-state index is 15.0.